The molecule has 1 amide bonds. The number of anilines is 1. The van der Waals surface area contributed by atoms with Gasteiger partial charge in [0.15, 0.2) is 5.65 Å². The molecule has 7 nitrogen and oxygen atoms in total. The molecule has 2 aliphatic rings. The lowest BCUT2D eigenvalue weighted by molar-refractivity contribution is 0.0602. The first-order chi connectivity index (χ1) is 15.0. The van der Waals surface area contributed by atoms with Gasteiger partial charge in [0.05, 0.1) is 17.3 Å². The van der Waals surface area contributed by atoms with Gasteiger partial charge in [0, 0.05) is 37.5 Å². The molecule has 1 aromatic carbocycles. The van der Waals surface area contributed by atoms with Crippen molar-refractivity contribution >= 4 is 17.4 Å². The largest absolute Gasteiger partial charge is 0.507 e. The van der Waals surface area contributed by atoms with Crippen molar-refractivity contribution in [1.29, 1.82) is 0 Å². The van der Waals surface area contributed by atoms with E-state index in [4.69, 9.17) is 10.1 Å². The average Bonchev–Trinajstić information content (AvgIpc) is 3.44. The molecule has 0 aliphatic carbocycles. The molecule has 1 N–H and O–H groups in total. The van der Waals surface area contributed by atoms with Crippen molar-refractivity contribution in [3.8, 4) is 5.75 Å². The molecule has 1 atom stereocenters. The number of rotatable bonds is 3. The van der Waals surface area contributed by atoms with Crippen molar-refractivity contribution in [1.82, 2.24) is 19.5 Å². The summed E-state index contributed by atoms with van der Waals surface area (Å²) < 4.78 is 1.84. The van der Waals surface area contributed by atoms with Gasteiger partial charge in [0.25, 0.3) is 5.91 Å². The quantitative estimate of drug-likeness (QED) is 0.694. The second-order valence-electron chi connectivity index (χ2n) is 8.79. The van der Waals surface area contributed by atoms with Gasteiger partial charge in [-0.25, -0.2) is 9.50 Å². The van der Waals surface area contributed by atoms with E-state index in [0.717, 1.165) is 55.1 Å². The van der Waals surface area contributed by atoms with Crippen LogP contribution in [0.1, 0.15) is 65.3 Å². The van der Waals surface area contributed by atoms with E-state index in [2.05, 4.69) is 11.8 Å². The minimum atomic E-state index is -0.134. The fourth-order valence-corrected chi connectivity index (χ4v) is 4.90. The van der Waals surface area contributed by atoms with Crippen LogP contribution in [0.25, 0.3) is 5.65 Å². The Kier molecular flexibility index (Phi) is 5.04. The fourth-order valence-electron chi connectivity index (χ4n) is 4.90. The predicted molar refractivity (Wildman–Crippen MR) is 120 cm³/mol. The number of hydrogen-bond acceptors (Lipinski definition) is 5. The lowest BCUT2D eigenvalue weighted by Gasteiger charge is -2.35. The second-order valence-corrected chi connectivity index (χ2v) is 8.79. The molecule has 4 heterocycles. The summed E-state index contributed by atoms with van der Waals surface area (Å²) in [5.74, 6) is 0.974. The van der Waals surface area contributed by atoms with Gasteiger partial charge in [-0.1, -0.05) is 12.1 Å². The minimum Gasteiger partial charge on any atom is -0.507 e. The summed E-state index contributed by atoms with van der Waals surface area (Å²) >= 11 is 0. The predicted octanol–water partition coefficient (Wildman–Crippen LogP) is 4.02. The zero-order chi connectivity index (χ0) is 21.5. The molecule has 0 bridgehead atoms. The smallest absolute Gasteiger partial charge is 0.258 e. The number of fused-ring (bicyclic) bond motifs is 1. The van der Waals surface area contributed by atoms with Crippen LogP contribution < -0.4 is 4.90 Å². The van der Waals surface area contributed by atoms with Crippen molar-refractivity contribution in [3.05, 3.63) is 52.8 Å². The van der Waals surface area contributed by atoms with E-state index in [1.807, 2.05) is 40.7 Å². The number of phenols is 1. The SMILES string of the molecule is Cc1cn2nc(C3CCCCN3C(=O)c3cccc(C)c3O)cc2nc1N1CCCC1. The molecule has 7 heteroatoms. The average molecular weight is 420 g/mol. The molecule has 0 saturated carbocycles. The molecular weight excluding hydrogens is 390 g/mol. The number of amides is 1. The molecule has 2 aromatic heterocycles. The molecule has 1 unspecified atom stereocenters. The summed E-state index contributed by atoms with van der Waals surface area (Å²) in [6.45, 7) is 6.66. The fraction of sp³-hybridized carbons (Fsp3) is 0.458. The van der Waals surface area contributed by atoms with E-state index in [9.17, 15) is 9.90 Å². The molecule has 31 heavy (non-hydrogen) atoms. The molecule has 5 rings (SSSR count). The number of aryl methyl sites for hydroxylation is 2. The summed E-state index contributed by atoms with van der Waals surface area (Å²) in [6.07, 6.45) is 7.33. The third-order valence-electron chi connectivity index (χ3n) is 6.60. The number of phenolic OH excluding ortho intramolecular Hbond substituents is 1. The number of aromatic hydroxyl groups is 1. The molecule has 2 aliphatic heterocycles. The van der Waals surface area contributed by atoms with Crippen molar-refractivity contribution in [3.63, 3.8) is 0 Å². The highest BCUT2D eigenvalue weighted by molar-refractivity contribution is 5.97. The summed E-state index contributed by atoms with van der Waals surface area (Å²) in [7, 11) is 0. The number of carbonyl (C=O) groups excluding carboxylic acids is 1. The topological polar surface area (TPSA) is 74.0 Å². The van der Waals surface area contributed by atoms with E-state index in [-0.39, 0.29) is 17.7 Å². The molecule has 0 radical (unpaired) electrons. The van der Waals surface area contributed by atoms with E-state index >= 15 is 0 Å². The number of carbonyl (C=O) groups is 1. The Hall–Kier alpha value is -3.09. The van der Waals surface area contributed by atoms with Crippen LogP contribution in [0, 0.1) is 13.8 Å². The Bertz CT molecular complexity index is 1130. The van der Waals surface area contributed by atoms with Gasteiger partial charge in [0.1, 0.15) is 11.6 Å². The number of piperidine rings is 1. The van der Waals surface area contributed by atoms with Crippen LogP contribution in [0.5, 0.6) is 5.75 Å². The minimum absolute atomic E-state index is 0.0689. The summed E-state index contributed by atoms with van der Waals surface area (Å²) in [6, 6.07) is 7.24. The molecule has 0 spiro atoms. The van der Waals surface area contributed by atoms with E-state index in [1.54, 1.807) is 6.07 Å². The maximum absolute atomic E-state index is 13.4. The monoisotopic (exact) mass is 419 g/mol. The summed E-state index contributed by atoms with van der Waals surface area (Å²) in [5, 5.41) is 15.3. The lowest BCUT2D eigenvalue weighted by atomic mass is 9.97. The van der Waals surface area contributed by atoms with Crippen molar-refractivity contribution < 1.29 is 9.90 Å². The number of para-hydroxylation sites is 1. The van der Waals surface area contributed by atoms with Crippen LogP contribution in [0.4, 0.5) is 5.82 Å². The van der Waals surface area contributed by atoms with Crippen LogP contribution in [0.15, 0.2) is 30.5 Å². The molecular formula is C24H29N5O2. The third kappa shape index (κ3) is 3.52. The Morgan fingerprint density at radius 1 is 1.06 bits per heavy atom. The first kappa shape index (κ1) is 19.8. The molecule has 2 fully saturated rings. The Labute approximate surface area is 182 Å². The Balaban J connectivity index is 1.49. The second kappa shape index (κ2) is 7.87. The van der Waals surface area contributed by atoms with Gasteiger partial charge in [-0.05, 0) is 57.6 Å². The van der Waals surface area contributed by atoms with Crippen LogP contribution in [-0.4, -0.2) is 50.1 Å². The normalized spacial score (nSPS) is 19.4. The van der Waals surface area contributed by atoms with Crippen LogP contribution in [0.2, 0.25) is 0 Å². The summed E-state index contributed by atoms with van der Waals surface area (Å²) in [5.41, 5.74) is 3.87. The Morgan fingerprint density at radius 3 is 2.65 bits per heavy atom. The lowest BCUT2D eigenvalue weighted by Crippen LogP contribution is -2.38. The zero-order valence-electron chi connectivity index (χ0n) is 18.2. The highest BCUT2D eigenvalue weighted by atomic mass is 16.3. The van der Waals surface area contributed by atoms with Gasteiger partial charge in [-0.3, -0.25) is 4.79 Å². The summed E-state index contributed by atoms with van der Waals surface area (Å²) in [4.78, 5) is 22.5. The number of hydrogen-bond donors (Lipinski definition) is 1. The zero-order valence-corrected chi connectivity index (χ0v) is 18.2. The molecule has 162 valence electrons. The first-order valence-electron chi connectivity index (χ1n) is 11.2. The van der Waals surface area contributed by atoms with E-state index < -0.39 is 0 Å². The van der Waals surface area contributed by atoms with Crippen LogP contribution >= 0.6 is 0 Å². The maximum atomic E-state index is 13.4. The van der Waals surface area contributed by atoms with Gasteiger partial charge in [0.2, 0.25) is 0 Å². The number of benzene rings is 1. The highest BCUT2D eigenvalue weighted by Gasteiger charge is 2.32. The van der Waals surface area contributed by atoms with Crippen molar-refractivity contribution in [2.75, 3.05) is 24.5 Å². The molecule has 2 saturated heterocycles. The van der Waals surface area contributed by atoms with E-state index in [1.165, 1.54) is 12.8 Å². The first-order valence-corrected chi connectivity index (χ1v) is 11.2. The van der Waals surface area contributed by atoms with Gasteiger partial charge >= 0.3 is 0 Å². The van der Waals surface area contributed by atoms with Crippen LogP contribution in [-0.2, 0) is 0 Å². The highest BCUT2D eigenvalue weighted by Crippen LogP contribution is 2.34. The molecule has 3 aromatic rings. The van der Waals surface area contributed by atoms with Crippen LogP contribution in [0.3, 0.4) is 0 Å². The number of nitrogens with zero attached hydrogens (tertiary/aromatic N) is 5. The third-order valence-corrected chi connectivity index (χ3v) is 6.60. The van der Waals surface area contributed by atoms with Gasteiger partial charge < -0.3 is 14.9 Å². The van der Waals surface area contributed by atoms with Crippen molar-refractivity contribution in [2.45, 2.75) is 52.0 Å². The van der Waals surface area contributed by atoms with Crippen molar-refractivity contribution in [2.24, 2.45) is 0 Å². The number of likely N-dealkylation sites (tertiary alicyclic amines) is 1. The van der Waals surface area contributed by atoms with Gasteiger partial charge in [-0.2, -0.15) is 5.10 Å². The maximum Gasteiger partial charge on any atom is 0.258 e. The number of aromatic nitrogens is 3. The van der Waals surface area contributed by atoms with E-state index in [0.29, 0.717) is 17.7 Å². The standard InChI is InChI=1S/C24H29N5O2/c1-16-8-7-9-18(22(16)30)24(31)28-13-4-3-10-20(28)19-14-21-25-23(27-11-5-6-12-27)17(2)15-29(21)26-19/h7-9,14-15,20,30H,3-6,10-13H2,1-2H3. The van der Waals surface area contributed by atoms with Gasteiger partial charge in [-0.15, -0.1) is 0 Å². The Morgan fingerprint density at radius 2 is 1.84 bits per heavy atom.